The maximum atomic E-state index is 12.1. The topological polar surface area (TPSA) is 58.6 Å². The zero-order valence-electron chi connectivity index (χ0n) is 13.1. The first-order chi connectivity index (χ1) is 9.43. The van der Waals surface area contributed by atoms with Crippen LogP contribution in [0.1, 0.15) is 40.5 Å². The highest BCUT2D eigenvalue weighted by Gasteiger charge is 2.23. The Kier molecular flexibility index (Phi) is 7.16. The van der Waals surface area contributed by atoms with Crippen molar-refractivity contribution < 1.29 is 14.3 Å². The molecule has 1 aliphatic heterocycles. The van der Waals surface area contributed by atoms with Crippen molar-refractivity contribution in [1.82, 2.24) is 10.2 Å². The van der Waals surface area contributed by atoms with Gasteiger partial charge in [0.05, 0.1) is 18.7 Å². The highest BCUT2D eigenvalue weighted by molar-refractivity contribution is 5.88. The van der Waals surface area contributed by atoms with E-state index in [-0.39, 0.29) is 29.8 Å². The van der Waals surface area contributed by atoms with Crippen molar-refractivity contribution in [3.8, 4) is 0 Å². The molecule has 2 atom stereocenters. The number of hydrogen-bond acceptors (Lipinski definition) is 4. The van der Waals surface area contributed by atoms with Gasteiger partial charge in [-0.05, 0) is 32.2 Å². The molecule has 0 saturated carbocycles. The fraction of sp³-hybridized carbons (Fsp3) is 0.867. The van der Waals surface area contributed by atoms with Crippen LogP contribution in [0.5, 0.6) is 0 Å². The molecule has 0 radical (unpaired) electrons. The molecule has 0 aromatic carbocycles. The average Bonchev–Trinajstić information content (AvgIpc) is 2.87. The number of likely N-dealkylation sites (N-methyl/N-ethyl adjacent to an activating group) is 1. The van der Waals surface area contributed by atoms with Crippen molar-refractivity contribution >= 4 is 11.7 Å². The zero-order valence-corrected chi connectivity index (χ0v) is 13.1. The third kappa shape index (κ3) is 5.59. The van der Waals surface area contributed by atoms with Gasteiger partial charge in [0.15, 0.2) is 5.78 Å². The molecule has 2 unspecified atom stereocenters. The van der Waals surface area contributed by atoms with Gasteiger partial charge in [-0.2, -0.15) is 0 Å². The Labute approximate surface area is 122 Å². The molecule has 1 amide bonds. The fourth-order valence-electron chi connectivity index (χ4n) is 2.54. The highest BCUT2D eigenvalue weighted by atomic mass is 16.5. The lowest BCUT2D eigenvalue weighted by molar-refractivity contribution is -0.128. The number of ether oxygens (including phenoxy) is 1. The third-order valence-electron chi connectivity index (χ3n) is 3.72. The number of carbonyl (C=O) groups is 2. The second-order valence-corrected chi connectivity index (χ2v) is 5.86. The van der Waals surface area contributed by atoms with Crippen molar-refractivity contribution in [2.24, 2.45) is 5.92 Å². The minimum atomic E-state index is -0.385. The summed E-state index contributed by atoms with van der Waals surface area (Å²) in [7, 11) is 0. The van der Waals surface area contributed by atoms with E-state index >= 15 is 0 Å². The maximum Gasteiger partial charge on any atom is 0.234 e. The lowest BCUT2D eigenvalue weighted by atomic mass is 10.0. The number of nitrogens with one attached hydrogen (secondary N) is 1. The van der Waals surface area contributed by atoms with Crippen molar-refractivity contribution in [3.63, 3.8) is 0 Å². The number of ketones is 1. The molecule has 116 valence electrons. The standard InChI is InChI=1S/C15H28N2O3/c1-5-17(9-13-7-6-8-20-13)10-14(19)16-15(11(2)3)12(4)18/h11,13,15H,5-10H2,1-4H3,(H,16,19). The van der Waals surface area contributed by atoms with Crippen molar-refractivity contribution in [1.29, 1.82) is 0 Å². The van der Waals surface area contributed by atoms with Crippen LogP contribution in [0.15, 0.2) is 0 Å². The molecular weight excluding hydrogens is 256 g/mol. The number of carbonyl (C=O) groups excluding carboxylic acids is 2. The van der Waals surface area contributed by atoms with E-state index in [9.17, 15) is 9.59 Å². The molecular formula is C15H28N2O3. The van der Waals surface area contributed by atoms with Crippen LogP contribution in [0, 0.1) is 5.92 Å². The van der Waals surface area contributed by atoms with Crippen molar-refractivity contribution in [3.05, 3.63) is 0 Å². The van der Waals surface area contributed by atoms with Gasteiger partial charge in [-0.1, -0.05) is 20.8 Å². The van der Waals surface area contributed by atoms with E-state index in [4.69, 9.17) is 4.74 Å². The predicted molar refractivity (Wildman–Crippen MR) is 78.5 cm³/mol. The third-order valence-corrected chi connectivity index (χ3v) is 3.72. The summed E-state index contributed by atoms with van der Waals surface area (Å²) in [5.41, 5.74) is 0. The quantitative estimate of drug-likeness (QED) is 0.728. The van der Waals surface area contributed by atoms with Crippen LogP contribution < -0.4 is 5.32 Å². The first-order valence-electron chi connectivity index (χ1n) is 7.57. The van der Waals surface area contributed by atoms with Crippen LogP contribution >= 0.6 is 0 Å². The Balaban J connectivity index is 2.43. The normalized spacial score (nSPS) is 20.4. The molecule has 5 nitrogen and oxygen atoms in total. The van der Waals surface area contributed by atoms with E-state index in [0.717, 1.165) is 32.5 Å². The second-order valence-electron chi connectivity index (χ2n) is 5.86. The molecule has 1 heterocycles. The Morgan fingerprint density at radius 3 is 2.55 bits per heavy atom. The first kappa shape index (κ1) is 17.1. The average molecular weight is 284 g/mol. The first-order valence-corrected chi connectivity index (χ1v) is 7.57. The SMILES string of the molecule is CCN(CC(=O)NC(C(C)=O)C(C)C)CC1CCCO1. The van der Waals surface area contributed by atoms with Gasteiger partial charge in [0.1, 0.15) is 0 Å². The minimum Gasteiger partial charge on any atom is -0.377 e. The highest BCUT2D eigenvalue weighted by Crippen LogP contribution is 2.13. The molecule has 1 N–H and O–H groups in total. The molecule has 1 rings (SSSR count). The van der Waals surface area contributed by atoms with E-state index < -0.39 is 0 Å². The fourth-order valence-corrected chi connectivity index (χ4v) is 2.54. The van der Waals surface area contributed by atoms with E-state index in [1.807, 2.05) is 20.8 Å². The molecule has 1 fully saturated rings. The zero-order chi connectivity index (χ0) is 15.1. The summed E-state index contributed by atoms with van der Waals surface area (Å²) < 4.78 is 5.60. The van der Waals surface area contributed by atoms with Gasteiger partial charge in [-0.25, -0.2) is 0 Å². The summed E-state index contributed by atoms with van der Waals surface area (Å²) in [5.74, 6) is 0.0407. The molecule has 0 bridgehead atoms. The molecule has 1 saturated heterocycles. The Bertz CT molecular complexity index is 325. The van der Waals surface area contributed by atoms with Crippen LogP contribution in [-0.4, -0.2) is 55.0 Å². The van der Waals surface area contributed by atoms with E-state index in [0.29, 0.717) is 6.54 Å². The van der Waals surface area contributed by atoms with Gasteiger partial charge in [-0.3, -0.25) is 14.5 Å². The van der Waals surface area contributed by atoms with Crippen LogP contribution in [0.4, 0.5) is 0 Å². The molecule has 0 aromatic heterocycles. The molecule has 1 aliphatic rings. The minimum absolute atomic E-state index is 0.00975. The largest absolute Gasteiger partial charge is 0.377 e. The Morgan fingerprint density at radius 2 is 2.10 bits per heavy atom. The van der Waals surface area contributed by atoms with Gasteiger partial charge in [0.25, 0.3) is 0 Å². The Morgan fingerprint density at radius 1 is 1.40 bits per heavy atom. The van der Waals surface area contributed by atoms with Crippen LogP contribution in [0.2, 0.25) is 0 Å². The van der Waals surface area contributed by atoms with E-state index in [2.05, 4.69) is 10.2 Å². The van der Waals surface area contributed by atoms with Gasteiger partial charge < -0.3 is 10.1 Å². The molecule has 5 heteroatoms. The number of amides is 1. The second kappa shape index (κ2) is 8.37. The van der Waals surface area contributed by atoms with Crippen molar-refractivity contribution in [2.45, 2.75) is 52.7 Å². The summed E-state index contributed by atoms with van der Waals surface area (Å²) in [4.78, 5) is 25.6. The van der Waals surface area contributed by atoms with E-state index in [1.54, 1.807) is 0 Å². The van der Waals surface area contributed by atoms with E-state index in [1.165, 1.54) is 6.92 Å². The van der Waals surface area contributed by atoms with Gasteiger partial charge in [0.2, 0.25) is 5.91 Å². The maximum absolute atomic E-state index is 12.1. The van der Waals surface area contributed by atoms with Crippen LogP contribution in [0.25, 0.3) is 0 Å². The monoisotopic (exact) mass is 284 g/mol. The lowest BCUT2D eigenvalue weighted by Gasteiger charge is -2.25. The Hall–Kier alpha value is -0.940. The summed E-state index contributed by atoms with van der Waals surface area (Å²) in [6, 6.07) is -0.385. The lowest BCUT2D eigenvalue weighted by Crippen LogP contribution is -2.48. The smallest absolute Gasteiger partial charge is 0.234 e. The molecule has 0 aromatic rings. The number of hydrogen-bond donors (Lipinski definition) is 1. The molecule has 20 heavy (non-hydrogen) atoms. The number of rotatable bonds is 8. The number of Topliss-reactive ketones (excluding diaryl/α,β-unsaturated/α-hetero) is 1. The van der Waals surface area contributed by atoms with Crippen LogP contribution in [-0.2, 0) is 14.3 Å². The molecule has 0 spiro atoms. The summed E-state index contributed by atoms with van der Waals surface area (Å²) in [5, 5.41) is 2.83. The van der Waals surface area contributed by atoms with Gasteiger partial charge in [0, 0.05) is 13.2 Å². The predicted octanol–water partition coefficient (Wildman–Crippen LogP) is 1.22. The number of nitrogens with zero attached hydrogens (tertiary/aromatic N) is 1. The summed E-state index contributed by atoms with van der Waals surface area (Å²) in [6.07, 6.45) is 2.42. The van der Waals surface area contributed by atoms with Crippen LogP contribution in [0.3, 0.4) is 0 Å². The molecule has 0 aliphatic carbocycles. The van der Waals surface area contributed by atoms with Gasteiger partial charge >= 0.3 is 0 Å². The summed E-state index contributed by atoms with van der Waals surface area (Å²) in [6.45, 7) is 10.2. The van der Waals surface area contributed by atoms with Crippen molar-refractivity contribution in [2.75, 3.05) is 26.2 Å². The summed E-state index contributed by atoms with van der Waals surface area (Å²) >= 11 is 0. The van der Waals surface area contributed by atoms with Gasteiger partial charge in [-0.15, -0.1) is 0 Å².